The van der Waals surface area contributed by atoms with E-state index in [0.29, 0.717) is 23.5 Å². The first-order chi connectivity index (χ1) is 26.2. The standard InChI is InChI=1S/C40H43N3O12/c41-39(42)43-18-40(52)35(48)34(37(50)51)55-38(36(40)49)54-30-17-29-31(33(47)32(30)46)27(45)16-28(53-29)25-11-10-23(44)15-26(25)22-13-20-8-4-5-9-24(20)21(14-22)12-19-6-2-1-3-7-19/h4-5,8-11,13,15-17,19,21,34-36,38,44,46-49,52H,1-3,6-7,12,14,18H2,(H,50,51)(H4,41,42,43)/t21-,34+,35-,36+,38+,40+/m1/s1. The summed E-state index contributed by atoms with van der Waals surface area (Å²) in [5.41, 5.74) is 11.3. The van der Waals surface area contributed by atoms with Gasteiger partial charge in [0.05, 0.1) is 6.54 Å². The maximum atomic E-state index is 13.6. The van der Waals surface area contributed by atoms with Crippen molar-refractivity contribution in [2.75, 3.05) is 6.54 Å². The first-order valence-electron chi connectivity index (χ1n) is 18.1. The number of nitrogens with two attached hydrogens (primary N) is 2. The Labute approximate surface area is 314 Å². The van der Waals surface area contributed by atoms with Gasteiger partial charge in [-0.2, -0.15) is 0 Å². The third-order valence-corrected chi connectivity index (χ3v) is 11.0. The van der Waals surface area contributed by atoms with Gasteiger partial charge in [-0.15, -0.1) is 0 Å². The van der Waals surface area contributed by atoms with Crippen LogP contribution in [0.5, 0.6) is 23.0 Å². The van der Waals surface area contributed by atoms with E-state index in [1.54, 1.807) is 12.1 Å². The van der Waals surface area contributed by atoms with Crippen molar-refractivity contribution in [2.24, 2.45) is 22.4 Å². The molecule has 1 aromatic heterocycles. The lowest BCUT2D eigenvalue weighted by atomic mass is 9.73. The molecule has 0 unspecified atom stereocenters. The number of carboxylic acid groups (broad SMARTS) is 1. The van der Waals surface area contributed by atoms with E-state index in [1.165, 1.54) is 43.7 Å². The molecule has 4 aromatic rings. The number of ether oxygens (including phenoxy) is 2. The quantitative estimate of drug-likeness (QED) is 0.0672. The first kappa shape index (κ1) is 37.7. The predicted octanol–water partition coefficient (Wildman–Crippen LogP) is 3.49. The van der Waals surface area contributed by atoms with Crippen LogP contribution in [0.4, 0.5) is 0 Å². The molecule has 0 spiro atoms. The second-order valence-corrected chi connectivity index (χ2v) is 14.6. The molecule has 3 aliphatic rings. The summed E-state index contributed by atoms with van der Waals surface area (Å²) in [6.45, 7) is -0.865. The third-order valence-electron chi connectivity index (χ3n) is 11.0. The molecule has 1 saturated heterocycles. The van der Waals surface area contributed by atoms with Crippen LogP contribution in [-0.4, -0.2) is 84.4 Å². The molecule has 0 bridgehead atoms. The molecule has 7 rings (SSSR count). The molecule has 1 aliphatic heterocycles. The minimum atomic E-state index is -2.72. The zero-order valence-electron chi connectivity index (χ0n) is 29.7. The lowest BCUT2D eigenvalue weighted by molar-refractivity contribution is -0.303. The monoisotopic (exact) mass is 757 g/mol. The number of phenols is 3. The Hall–Kier alpha value is -5.61. The summed E-state index contributed by atoms with van der Waals surface area (Å²) in [6.07, 6.45) is 1.16. The number of allylic oxidation sites excluding steroid dienone is 1. The Balaban J connectivity index is 1.27. The van der Waals surface area contributed by atoms with Crippen LogP contribution in [0.3, 0.4) is 0 Å². The minimum Gasteiger partial charge on any atom is -0.508 e. The van der Waals surface area contributed by atoms with Crippen molar-refractivity contribution in [1.29, 1.82) is 0 Å². The van der Waals surface area contributed by atoms with Gasteiger partial charge in [-0.1, -0.05) is 62.4 Å². The summed E-state index contributed by atoms with van der Waals surface area (Å²) in [6, 6.07) is 15.1. The Bertz CT molecular complexity index is 2240. The number of hydrogen-bond donors (Lipinski definition) is 9. The molecule has 0 radical (unpaired) electrons. The molecule has 15 heteroatoms. The first-order valence-corrected chi connectivity index (χ1v) is 18.1. The number of aliphatic carboxylic acids is 1. The molecule has 2 heterocycles. The zero-order chi connectivity index (χ0) is 39.2. The van der Waals surface area contributed by atoms with E-state index in [1.807, 2.05) is 12.1 Å². The molecule has 11 N–H and O–H groups in total. The molecule has 15 nitrogen and oxygen atoms in total. The van der Waals surface area contributed by atoms with E-state index in [9.17, 15) is 45.3 Å². The van der Waals surface area contributed by atoms with Crippen molar-refractivity contribution in [3.63, 3.8) is 0 Å². The summed E-state index contributed by atoms with van der Waals surface area (Å²) in [7, 11) is 0. The number of benzene rings is 3. The lowest BCUT2D eigenvalue weighted by Gasteiger charge is -2.45. The van der Waals surface area contributed by atoms with Gasteiger partial charge >= 0.3 is 5.97 Å². The van der Waals surface area contributed by atoms with Crippen molar-refractivity contribution in [1.82, 2.24) is 0 Å². The SMILES string of the molecule is NC(N)=NC[C@]1(O)[C@H](O)[C@@H](C(=O)O)O[C@H](Oc2cc3oc(-c4ccc(O)cc4C4=Cc5ccccc5[C@H](CC5CCCCC5)C4)cc(=O)c3c(O)c2O)[C@@H]1O. The second kappa shape index (κ2) is 14.9. The van der Waals surface area contributed by atoms with Crippen LogP contribution in [0, 0.1) is 5.92 Å². The van der Waals surface area contributed by atoms with Crippen LogP contribution in [0.2, 0.25) is 0 Å². The summed E-state index contributed by atoms with van der Waals surface area (Å²) < 4.78 is 17.1. The van der Waals surface area contributed by atoms with E-state index in [4.69, 9.17) is 25.4 Å². The smallest absolute Gasteiger partial charge is 0.335 e. The highest BCUT2D eigenvalue weighted by Crippen LogP contribution is 2.47. The second-order valence-electron chi connectivity index (χ2n) is 14.6. The fraction of sp³-hybridized carbons (Fsp3) is 0.375. The number of aliphatic hydroxyl groups is 3. The number of nitrogens with zero attached hydrogens (tertiary/aromatic N) is 1. The fourth-order valence-electron chi connectivity index (χ4n) is 8.15. The number of guanidine groups is 1. The number of rotatable bonds is 9. The topological polar surface area (TPSA) is 272 Å². The van der Waals surface area contributed by atoms with Crippen molar-refractivity contribution in [3.05, 3.63) is 81.5 Å². The van der Waals surface area contributed by atoms with Gasteiger partial charge in [0.2, 0.25) is 12.0 Å². The molecular formula is C40H43N3O12. The average Bonchev–Trinajstić information content (AvgIpc) is 3.16. The highest BCUT2D eigenvalue weighted by Gasteiger charge is 2.58. The molecule has 2 aliphatic carbocycles. The fourth-order valence-corrected chi connectivity index (χ4v) is 8.15. The summed E-state index contributed by atoms with van der Waals surface area (Å²) in [5, 5.41) is 74.7. The van der Waals surface area contributed by atoms with E-state index >= 15 is 0 Å². The normalized spacial score (nSPS) is 25.5. The largest absolute Gasteiger partial charge is 0.508 e. The van der Waals surface area contributed by atoms with E-state index in [2.05, 4.69) is 23.2 Å². The number of carbonyl (C=O) groups is 1. The summed E-state index contributed by atoms with van der Waals surface area (Å²) in [4.78, 5) is 29.2. The minimum absolute atomic E-state index is 0.000602. The molecular weight excluding hydrogens is 714 g/mol. The van der Waals surface area contributed by atoms with Crippen LogP contribution >= 0.6 is 0 Å². The van der Waals surface area contributed by atoms with Crippen molar-refractivity contribution in [3.8, 4) is 34.3 Å². The Morgan fingerprint density at radius 3 is 2.42 bits per heavy atom. The van der Waals surface area contributed by atoms with Gasteiger partial charge in [0.25, 0.3) is 0 Å². The number of hydrogen-bond acceptors (Lipinski definition) is 12. The highest BCUT2D eigenvalue weighted by molar-refractivity contribution is 5.93. The highest BCUT2D eigenvalue weighted by atomic mass is 16.7. The molecule has 1 saturated carbocycles. The summed E-state index contributed by atoms with van der Waals surface area (Å²) >= 11 is 0. The van der Waals surface area contributed by atoms with Gasteiger partial charge in [-0.25, -0.2) is 4.79 Å². The molecule has 3 aromatic carbocycles. The molecule has 6 atom stereocenters. The molecule has 0 amide bonds. The Morgan fingerprint density at radius 2 is 1.69 bits per heavy atom. The number of aliphatic imine (C=N–C) groups is 1. The van der Waals surface area contributed by atoms with Gasteiger partial charge in [0, 0.05) is 17.7 Å². The summed E-state index contributed by atoms with van der Waals surface area (Å²) in [5.74, 6) is -3.95. The van der Waals surface area contributed by atoms with E-state index < -0.39 is 76.7 Å². The number of carboxylic acids is 1. The Kier molecular flexibility index (Phi) is 10.2. The van der Waals surface area contributed by atoms with Gasteiger partial charge in [0.1, 0.15) is 40.3 Å². The van der Waals surface area contributed by atoms with Gasteiger partial charge in [0.15, 0.2) is 29.0 Å². The molecule has 290 valence electrons. The number of phenolic OH excluding ortho intramolecular Hbond substituents is 3. The van der Waals surface area contributed by atoms with Crippen LogP contribution in [-0.2, 0) is 9.53 Å². The van der Waals surface area contributed by atoms with Crippen LogP contribution < -0.4 is 21.6 Å². The van der Waals surface area contributed by atoms with Crippen molar-refractivity contribution in [2.45, 2.75) is 81.1 Å². The number of aromatic hydroxyl groups is 3. The van der Waals surface area contributed by atoms with Crippen LogP contribution in [0.15, 0.2) is 68.8 Å². The van der Waals surface area contributed by atoms with E-state index in [0.717, 1.165) is 29.7 Å². The van der Waals surface area contributed by atoms with E-state index in [-0.39, 0.29) is 23.0 Å². The maximum Gasteiger partial charge on any atom is 0.335 e. The average molecular weight is 758 g/mol. The third kappa shape index (κ3) is 7.18. The van der Waals surface area contributed by atoms with Gasteiger partial charge < -0.3 is 61.1 Å². The lowest BCUT2D eigenvalue weighted by Crippen LogP contribution is -2.70. The van der Waals surface area contributed by atoms with Crippen molar-refractivity contribution < 1.29 is 54.4 Å². The Morgan fingerprint density at radius 1 is 0.945 bits per heavy atom. The molecule has 55 heavy (non-hydrogen) atoms. The van der Waals surface area contributed by atoms with Crippen LogP contribution in [0.25, 0.3) is 33.9 Å². The number of aliphatic hydroxyl groups excluding tert-OH is 2. The molecule has 2 fully saturated rings. The van der Waals surface area contributed by atoms with Gasteiger partial charge in [-0.3, -0.25) is 9.79 Å². The van der Waals surface area contributed by atoms with Crippen molar-refractivity contribution >= 4 is 34.5 Å². The number of fused-ring (bicyclic) bond motifs is 2. The predicted molar refractivity (Wildman–Crippen MR) is 200 cm³/mol. The maximum absolute atomic E-state index is 13.6. The van der Waals surface area contributed by atoms with Crippen LogP contribution in [0.1, 0.15) is 67.6 Å². The van der Waals surface area contributed by atoms with Gasteiger partial charge in [-0.05, 0) is 65.1 Å². The zero-order valence-corrected chi connectivity index (χ0v) is 29.7.